The summed E-state index contributed by atoms with van der Waals surface area (Å²) in [6.45, 7) is 0.739. The van der Waals surface area contributed by atoms with Gasteiger partial charge in [0.05, 0.1) is 5.56 Å². The van der Waals surface area contributed by atoms with Crippen LogP contribution in [0.1, 0.15) is 30.0 Å². The number of phenols is 1. The van der Waals surface area contributed by atoms with Crippen LogP contribution in [-0.4, -0.2) is 11.7 Å². The first kappa shape index (κ1) is 11.3. The Morgan fingerprint density at radius 2 is 2.06 bits per heavy atom. The molecule has 0 aliphatic carbocycles. The highest BCUT2D eigenvalue weighted by Crippen LogP contribution is 2.38. The average molecular weight is 231 g/mol. The summed E-state index contributed by atoms with van der Waals surface area (Å²) >= 11 is 0. The van der Waals surface area contributed by atoms with Crippen molar-refractivity contribution in [2.45, 2.75) is 25.1 Å². The van der Waals surface area contributed by atoms with Crippen LogP contribution < -0.4 is 5.32 Å². The van der Waals surface area contributed by atoms with Crippen molar-refractivity contribution < 1.29 is 18.3 Å². The molecule has 1 aliphatic rings. The topological polar surface area (TPSA) is 32.3 Å². The molecule has 1 heterocycles. The van der Waals surface area contributed by atoms with Crippen LogP contribution in [-0.2, 0) is 6.18 Å². The van der Waals surface area contributed by atoms with Gasteiger partial charge in [0.2, 0.25) is 0 Å². The molecule has 1 aromatic rings. The Balaban J connectivity index is 2.43. The van der Waals surface area contributed by atoms with Gasteiger partial charge in [0, 0.05) is 6.04 Å². The molecule has 0 bridgehead atoms. The van der Waals surface area contributed by atoms with E-state index in [4.69, 9.17) is 5.11 Å². The number of nitrogens with one attached hydrogen (secondary N) is 1. The van der Waals surface area contributed by atoms with Gasteiger partial charge in [-0.2, -0.15) is 13.2 Å². The molecule has 0 aromatic heterocycles. The summed E-state index contributed by atoms with van der Waals surface area (Å²) in [5.41, 5.74) is -0.519. The van der Waals surface area contributed by atoms with E-state index in [1.807, 2.05) is 0 Å². The monoisotopic (exact) mass is 231 g/mol. The highest BCUT2D eigenvalue weighted by atomic mass is 19.4. The molecule has 1 fully saturated rings. The highest BCUT2D eigenvalue weighted by molar-refractivity contribution is 5.39. The molecule has 0 spiro atoms. The van der Waals surface area contributed by atoms with Gasteiger partial charge in [0.25, 0.3) is 0 Å². The smallest absolute Gasteiger partial charge is 0.416 e. The van der Waals surface area contributed by atoms with Crippen LogP contribution in [0.15, 0.2) is 18.2 Å². The summed E-state index contributed by atoms with van der Waals surface area (Å²) in [7, 11) is 0. The largest absolute Gasteiger partial charge is 0.508 e. The van der Waals surface area contributed by atoms with Gasteiger partial charge in [-0.1, -0.05) is 6.07 Å². The van der Waals surface area contributed by atoms with E-state index in [1.54, 1.807) is 0 Å². The predicted octanol–water partition coefficient (Wildman–Crippen LogP) is 2.84. The average Bonchev–Trinajstić information content (AvgIpc) is 2.69. The molecule has 1 atom stereocenters. The second-order valence-corrected chi connectivity index (χ2v) is 3.92. The van der Waals surface area contributed by atoms with E-state index in [1.165, 1.54) is 12.1 Å². The lowest BCUT2D eigenvalue weighted by Crippen LogP contribution is -2.18. The SMILES string of the molecule is Oc1ccc(C2CCCN2)c(C(F)(F)F)c1. The molecule has 88 valence electrons. The van der Waals surface area contributed by atoms with E-state index in [0.29, 0.717) is 6.42 Å². The molecule has 1 aliphatic heterocycles. The van der Waals surface area contributed by atoms with Gasteiger partial charge >= 0.3 is 6.18 Å². The number of phenolic OH excluding ortho intramolecular Hbond substituents is 1. The Bertz CT molecular complexity index is 383. The number of halogens is 3. The van der Waals surface area contributed by atoms with E-state index in [2.05, 4.69) is 5.32 Å². The molecule has 16 heavy (non-hydrogen) atoms. The van der Waals surface area contributed by atoms with Crippen molar-refractivity contribution in [1.82, 2.24) is 5.32 Å². The maximum Gasteiger partial charge on any atom is 0.416 e. The lowest BCUT2D eigenvalue weighted by molar-refractivity contribution is -0.138. The fraction of sp³-hybridized carbons (Fsp3) is 0.455. The van der Waals surface area contributed by atoms with Crippen LogP contribution in [0.25, 0.3) is 0 Å². The van der Waals surface area contributed by atoms with Gasteiger partial charge in [-0.25, -0.2) is 0 Å². The van der Waals surface area contributed by atoms with Crippen LogP contribution in [0.5, 0.6) is 5.75 Å². The van der Waals surface area contributed by atoms with Gasteiger partial charge in [0.15, 0.2) is 0 Å². The molecule has 2 rings (SSSR count). The summed E-state index contributed by atoms with van der Waals surface area (Å²) in [6.07, 6.45) is -2.84. The first-order valence-corrected chi connectivity index (χ1v) is 5.12. The second kappa shape index (κ2) is 3.97. The van der Waals surface area contributed by atoms with E-state index < -0.39 is 11.7 Å². The lowest BCUT2D eigenvalue weighted by atomic mass is 9.98. The van der Waals surface area contributed by atoms with Crippen LogP contribution >= 0.6 is 0 Å². The van der Waals surface area contributed by atoms with Crippen LogP contribution in [0.3, 0.4) is 0 Å². The molecule has 1 unspecified atom stereocenters. The number of aromatic hydroxyl groups is 1. The third-order valence-electron chi connectivity index (χ3n) is 2.78. The Labute approximate surface area is 91.1 Å². The standard InChI is InChI=1S/C11H12F3NO/c12-11(13,14)9-6-7(16)3-4-8(9)10-2-1-5-15-10/h3-4,6,10,15-16H,1-2,5H2. The molecule has 0 saturated carbocycles. The van der Waals surface area contributed by atoms with Crippen molar-refractivity contribution >= 4 is 0 Å². The van der Waals surface area contributed by atoms with Gasteiger partial charge in [-0.3, -0.25) is 0 Å². The molecular weight excluding hydrogens is 219 g/mol. The number of hydrogen-bond acceptors (Lipinski definition) is 2. The van der Waals surface area contributed by atoms with Crippen LogP contribution in [0.2, 0.25) is 0 Å². The molecule has 1 saturated heterocycles. The number of alkyl halides is 3. The molecule has 1 aromatic carbocycles. The van der Waals surface area contributed by atoms with Gasteiger partial charge in [0.1, 0.15) is 5.75 Å². The molecular formula is C11H12F3NO. The summed E-state index contributed by atoms with van der Waals surface area (Å²) in [4.78, 5) is 0. The lowest BCUT2D eigenvalue weighted by Gasteiger charge is -2.18. The number of benzene rings is 1. The maximum atomic E-state index is 12.7. The Morgan fingerprint density at radius 3 is 2.62 bits per heavy atom. The normalized spacial score (nSPS) is 21.3. The number of rotatable bonds is 1. The third-order valence-corrected chi connectivity index (χ3v) is 2.78. The summed E-state index contributed by atoms with van der Waals surface area (Å²) in [6, 6.07) is 3.18. The van der Waals surface area contributed by atoms with Gasteiger partial charge in [-0.05, 0) is 37.1 Å². The van der Waals surface area contributed by atoms with E-state index in [9.17, 15) is 13.2 Å². The summed E-state index contributed by atoms with van der Waals surface area (Å²) in [5.74, 6) is -0.353. The highest BCUT2D eigenvalue weighted by Gasteiger charge is 2.36. The first-order chi connectivity index (χ1) is 7.48. The van der Waals surface area contributed by atoms with Crippen LogP contribution in [0, 0.1) is 0 Å². The minimum atomic E-state index is -4.42. The minimum absolute atomic E-state index is 0.225. The fourth-order valence-electron chi connectivity index (χ4n) is 2.04. The fourth-order valence-corrected chi connectivity index (χ4v) is 2.04. The van der Waals surface area contributed by atoms with Gasteiger partial charge < -0.3 is 10.4 Å². The van der Waals surface area contributed by atoms with Crippen molar-refractivity contribution in [2.75, 3.05) is 6.54 Å². The Morgan fingerprint density at radius 1 is 1.31 bits per heavy atom. The zero-order valence-electron chi connectivity index (χ0n) is 8.51. The molecule has 5 heteroatoms. The Kier molecular flexibility index (Phi) is 2.80. The molecule has 0 radical (unpaired) electrons. The van der Waals surface area contributed by atoms with Crippen molar-refractivity contribution in [1.29, 1.82) is 0 Å². The second-order valence-electron chi connectivity index (χ2n) is 3.92. The third kappa shape index (κ3) is 2.14. The minimum Gasteiger partial charge on any atom is -0.508 e. The molecule has 2 nitrogen and oxygen atoms in total. The summed E-state index contributed by atoms with van der Waals surface area (Å²) < 4.78 is 38.2. The zero-order valence-corrected chi connectivity index (χ0v) is 8.51. The van der Waals surface area contributed by atoms with Crippen LogP contribution in [0.4, 0.5) is 13.2 Å². The van der Waals surface area contributed by atoms with Crippen molar-refractivity contribution in [3.63, 3.8) is 0 Å². The Hall–Kier alpha value is -1.23. The van der Waals surface area contributed by atoms with E-state index in [-0.39, 0.29) is 17.4 Å². The van der Waals surface area contributed by atoms with E-state index in [0.717, 1.165) is 19.0 Å². The summed E-state index contributed by atoms with van der Waals surface area (Å²) in [5, 5.41) is 12.1. The van der Waals surface area contributed by atoms with Crippen molar-refractivity contribution in [3.05, 3.63) is 29.3 Å². The van der Waals surface area contributed by atoms with Crippen molar-refractivity contribution in [3.8, 4) is 5.75 Å². The van der Waals surface area contributed by atoms with Crippen molar-refractivity contribution in [2.24, 2.45) is 0 Å². The quantitative estimate of drug-likeness (QED) is 0.779. The van der Waals surface area contributed by atoms with E-state index >= 15 is 0 Å². The number of hydrogen-bond donors (Lipinski definition) is 2. The molecule has 2 N–H and O–H groups in total. The molecule has 0 amide bonds. The maximum absolute atomic E-state index is 12.7. The predicted molar refractivity (Wildman–Crippen MR) is 53.1 cm³/mol. The van der Waals surface area contributed by atoms with Gasteiger partial charge in [-0.15, -0.1) is 0 Å². The first-order valence-electron chi connectivity index (χ1n) is 5.12. The zero-order chi connectivity index (χ0) is 11.8.